The molecule has 8 nitrogen and oxygen atoms in total. The van der Waals surface area contributed by atoms with Crippen molar-refractivity contribution in [3.8, 4) is 11.5 Å². The third-order valence-corrected chi connectivity index (χ3v) is 6.44. The highest BCUT2D eigenvalue weighted by Crippen LogP contribution is 2.37. The van der Waals surface area contributed by atoms with Gasteiger partial charge in [0.05, 0.1) is 20.9 Å². The van der Waals surface area contributed by atoms with Gasteiger partial charge in [-0.15, -0.1) is 0 Å². The Morgan fingerprint density at radius 1 is 0.778 bits per heavy atom. The van der Waals surface area contributed by atoms with E-state index in [0.717, 1.165) is 11.3 Å². The second kappa shape index (κ2) is 10.3. The zero-order chi connectivity index (χ0) is 25.9. The molecular formula is C28H32N4O4. The van der Waals surface area contributed by atoms with Gasteiger partial charge in [-0.25, -0.2) is 9.69 Å². The maximum atomic E-state index is 14.0. The second-order valence-electron chi connectivity index (χ2n) is 9.09. The van der Waals surface area contributed by atoms with Crippen molar-refractivity contribution in [2.45, 2.75) is 12.1 Å². The van der Waals surface area contributed by atoms with Gasteiger partial charge in [0, 0.05) is 26.3 Å². The van der Waals surface area contributed by atoms with Gasteiger partial charge in [0.1, 0.15) is 11.5 Å². The van der Waals surface area contributed by atoms with E-state index in [9.17, 15) is 9.59 Å². The van der Waals surface area contributed by atoms with Crippen molar-refractivity contribution in [3.63, 3.8) is 0 Å². The molecule has 3 aromatic carbocycles. The number of nitrogens with zero attached hydrogens (tertiary/aromatic N) is 3. The first kappa shape index (κ1) is 25.1. The molecule has 0 radical (unpaired) electrons. The molecule has 0 aliphatic carbocycles. The lowest BCUT2D eigenvalue weighted by Gasteiger charge is -2.29. The first-order valence-corrected chi connectivity index (χ1v) is 11.7. The molecule has 3 amide bonds. The number of imide groups is 1. The molecular weight excluding hydrogens is 456 g/mol. The molecule has 0 aromatic heterocycles. The summed E-state index contributed by atoms with van der Waals surface area (Å²) in [6.45, 7) is 0.733. The topological polar surface area (TPSA) is 74.4 Å². The number of carbonyl (C=O) groups excluding carboxylic acids is 2. The van der Waals surface area contributed by atoms with Crippen molar-refractivity contribution >= 4 is 17.6 Å². The average molecular weight is 489 g/mol. The molecule has 1 N–H and O–H groups in total. The first-order valence-electron chi connectivity index (χ1n) is 11.7. The molecule has 4 rings (SSSR count). The van der Waals surface area contributed by atoms with E-state index in [0.29, 0.717) is 29.2 Å². The van der Waals surface area contributed by atoms with Gasteiger partial charge in [-0.2, -0.15) is 0 Å². The van der Waals surface area contributed by atoms with Gasteiger partial charge in [0.15, 0.2) is 5.54 Å². The van der Waals surface area contributed by atoms with Crippen LogP contribution in [0.4, 0.5) is 10.5 Å². The van der Waals surface area contributed by atoms with Crippen LogP contribution < -0.4 is 19.7 Å². The Kier molecular flexibility index (Phi) is 7.17. The number of urea groups is 1. The second-order valence-corrected chi connectivity index (χ2v) is 9.09. The predicted octanol–water partition coefficient (Wildman–Crippen LogP) is 3.65. The summed E-state index contributed by atoms with van der Waals surface area (Å²) in [7, 11) is 9.05. The molecule has 188 valence electrons. The van der Waals surface area contributed by atoms with Gasteiger partial charge in [0.2, 0.25) is 0 Å². The fourth-order valence-corrected chi connectivity index (χ4v) is 4.45. The molecule has 0 saturated carbocycles. The molecule has 1 aliphatic rings. The van der Waals surface area contributed by atoms with E-state index in [1.54, 1.807) is 62.8 Å². The van der Waals surface area contributed by atoms with E-state index in [2.05, 4.69) is 29.6 Å². The fraction of sp³-hybridized carbons (Fsp3) is 0.286. The highest BCUT2D eigenvalue weighted by molar-refractivity contribution is 6.09. The number of nitrogens with one attached hydrogen (secondary N) is 1. The first-order chi connectivity index (χ1) is 17.3. The molecule has 1 aliphatic heterocycles. The van der Waals surface area contributed by atoms with Gasteiger partial charge in [0.25, 0.3) is 5.91 Å². The summed E-state index contributed by atoms with van der Waals surface area (Å²) >= 11 is 0. The van der Waals surface area contributed by atoms with Crippen LogP contribution in [0.2, 0.25) is 0 Å². The van der Waals surface area contributed by atoms with Gasteiger partial charge in [-0.05, 0) is 60.1 Å². The monoisotopic (exact) mass is 488 g/mol. The minimum atomic E-state index is -1.36. The Morgan fingerprint density at radius 3 is 1.72 bits per heavy atom. The van der Waals surface area contributed by atoms with Gasteiger partial charge < -0.3 is 19.7 Å². The molecule has 36 heavy (non-hydrogen) atoms. The molecule has 0 unspecified atom stereocenters. The molecule has 8 heteroatoms. The van der Waals surface area contributed by atoms with Crippen LogP contribution in [0.1, 0.15) is 16.7 Å². The molecule has 1 fully saturated rings. The predicted molar refractivity (Wildman–Crippen MR) is 139 cm³/mol. The average Bonchev–Trinajstić information content (AvgIpc) is 3.14. The Morgan fingerprint density at radius 2 is 1.28 bits per heavy atom. The Balaban J connectivity index is 1.62. The summed E-state index contributed by atoms with van der Waals surface area (Å²) in [6, 6.07) is 22.1. The van der Waals surface area contributed by atoms with E-state index in [1.165, 1.54) is 4.90 Å². The SMILES string of the molecule is COc1ccc(C2(c3ccc(OC)cc3)NC(=O)N(CN(C)Cc3ccc(N(C)C)cc3)C2=O)cc1. The summed E-state index contributed by atoms with van der Waals surface area (Å²) in [4.78, 5) is 32.5. The van der Waals surface area contributed by atoms with E-state index >= 15 is 0 Å². The largest absolute Gasteiger partial charge is 0.497 e. The van der Waals surface area contributed by atoms with Crippen LogP contribution in [0.25, 0.3) is 0 Å². The summed E-state index contributed by atoms with van der Waals surface area (Å²) in [5.74, 6) is 0.993. The van der Waals surface area contributed by atoms with Crippen LogP contribution in [-0.4, -0.2) is 63.8 Å². The fourth-order valence-electron chi connectivity index (χ4n) is 4.45. The maximum Gasteiger partial charge on any atom is 0.326 e. The van der Waals surface area contributed by atoms with Gasteiger partial charge in [-0.3, -0.25) is 9.69 Å². The van der Waals surface area contributed by atoms with Crippen molar-refractivity contribution in [1.82, 2.24) is 15.1 Å². The zero-order valence-corrected chi connectivity index (χ0v) is 21.3. The number of hydrogen-bond donors (Lipinski definition) is 1. The number of amides is 3. The van der Waals surface area contributed by atoms with E-state index < -0.39 is 11.6 Å². The Hall–Kier alpha value is -4.04. The smallest absolute Gasteiger partial charge is 0.326 e. The summed E-state index contributed by atoms with van der Waals surface area (Å²) in [5.41, 5.74) is 2.14. The van der Waals surface area contributed by atoms with Crippen LogP contribution in [0.15, 0.2) is 72.8 Å². The minimum Gasteiger partial charge on any atom is -0.497 e. The number of benzene rings is 3. The van der Waals surface area contributed by atoms with E-state index in [4.69, 9.17) is 9.47 Å². The van der Waals surface area contributed by atoms with E-state index in [-0.39, 0.29) is 12.6 Å². The molecule has 0 spiro atoms. The van der Waals surface area contributed by atoms with Crippen molar-refractivity contribution < 1.29 is 19.1 Å². The highest BCUT2D eigenvalue weighted by Gasteiger charge is 2.53. The number of hydrogen-bond acceptors (Lipinski definition) is 6. The molecule has 0 bridgehead atoms. The number of anilines is 1. The van der Waals surface area contributed by atoms with Gasteiger partial charge in [-0.1, -0.05) is 36.4 Å². The highest BCUT2D eigenvalue weighted by atomic mass is 16.5. The third-order valence-electron chi connectivity index (χ3n) is 6.44. The van der Waals surface area contributed by atoms with Crippen molar-refractivity contribution in [3.05, 3.63) is 89.5 Å². The van der Waals surface area contributed by atoms with Crippen LogP contribution in [0.5, 0.6) is 11.5 Å². The lowest BCUT2D eigenvalue weighted by Crippen LogP contribution is -2.46. The standard InChI is InChI=1S/C28H32N4O4/c1-30(2)23-12-6-20(7-13-23)18-31(3)19-32-26(33)28(29-27(32)34,21-8-14-24(35-4)15-9-21)22-10-16-25(36-5)17-11-22/h6-17H,18-19H2,1-5H3,(H,29,34). The lowest BCUT2D eigenvalue weighted by molar-refractivity contribution is -0.131. The zero-order valence-electron chi connectivity index (χ0n) is 21.3. The number of methoxy groups -OCH3 is 2. The van der Waals surface area contributed by atoms with Crippen LogP contribution in [-0.2, 0) is 16.9 Å². The Labute approximate surface area is 212 Å². The van der Waals surface area contributed by atoms with Crippen molar-refractivity contribution in [1.29, 1.82) is 0 Å². The minimum absolute atomic E-state index is 0.147. The molecule has 3 aromatic rings. The normalized spacial score (nSPS) is 14.7. The summed E-state index contributed by atoms with van der Waals surface area (Å²) in [6.07, 6.45) is 0. The summed E-state index contributed by atoms with van der Waals surface area (Å²) in [5, 5.41) is 2.99. The third kappa shape index (κ3) is 4.72. The Bertz CT molecular complexity index is 1160. The molecule has 0 atom stereocenters. The van der Waals surface area contributed by atoms with Crippen LogP contribution in [0.3, 0.4) is 0 Å². The number of rotatable bonds is 9. The molecule has 1 saturated heterocycles. The van der Waals surface area contributed by atoms with Crippen LogP contribution >= 0.6 is 0 Å². The quantitative estimate of drug-likeness (QED) is 0.464. The van der Waals surface area contributed by atoms with Crippen molar-refractivity contribution in [2.24, 2.45) is 0 Å². The lowest BCUT2D eigenvalue weighted by atomic mass is 9.82. The maximum absolute atomic E-state index is 14.0. The van der Waals surface area contributed by atoms with Crippen molar-refractivity contribution in [2.75, 3.05) is 46.9 Å². The van der Waals surface area contributed by atoms with Gasteiger partial charge >= 0.3 is 6.03 Å². The number of carbonyl (C=O) groups is 2. The molecule has 1 heterocycles. The number of ether oxygens (including phenoxy) is 2. The summed E-state index contributed by atoms with van der Waals surface area (Å²) < 4.78 is 10.6. The van der Waals surface area contributed by atoms with E-state index in [1.807, 2.05) is 30.9 Å². The van der Waals surface area contributed by atoms with Crippen LogP contribution in [0, 0.1) is 0 Å².